The molecular formula is C9H18O3. The van der Waals surface area contributed by atoms with Gasteiger partial charge in [0, 0.05) is 18.4 Å². The molecule has 0 unspecified atom stereocenters. The first kappa shape index (κ1) is 9.96. The van der Waals surface area contributed by atoms with Crippen LogP contribution in [0.5, 0.6) is 0 Å². The SMILES string of the molecule is C[C@H]1OC[C@H](C)[C@@H]([C@@H](C)CO)O1. The smallest absolute Gasteiger partial charge is 0.155 e. The molecule has 1 N–H and O–H groups in total. The quantitative estimate of drug-likeness (QED) is 0.679. The van der Waals surface area contributed by atoms with Gasteiger partial charge >= 0.3 is 0 Å². The topological polar surface area (TPSA) is 38.7 Å². The molecule has 1 rings (SSSR count). The highest BCUT2D eigenvalue weighted by molar-refractivity contribution is 4.74. The molecule has 1 fully saturated rings. The molecule has 0 radical (unpaired) electrons. The van der Waals surface area contributed by atoms with Gasteiger partial charge < -0.3 is 14.6 Å². The van der Waals surface area contributed by atoms with Crippen LogP contribution in [0.3, 0.4) is 0 Å². The van der Waals surface area contributed by atoms with E-state index in [1.54, 1.807) is 0 Å². The summed E-state index contributed by atoms with van der Waals surface area (Å²) in [4.78, 5) is 0. The van der Waals surface area contributed by atoms with Gasteiger partial charge in [0.25, 0.3) is 0 Å². The van der Waals surface area contributed by atoms with Gasteiger partial charge in [-0.15, -0.1) is 0 Å². The molecule has 0 aromatic carbocycles. The zero-order valence-electron chi connectivity index (χ0n) is 7.99. The minimum Gasteiger partial charge on any atom is -0.396 e. The zero-order valence-corrected chi connectivity index (χ0v) is 7.99. The van der Waals surface area contributed by atoms with E-state index < -0.39 is 0 Å². The Morgan fingerprint density at radius 1 is 1.50 bits per heavy atom. The Balaban J connectivity index is 2.48. The Kier molecular flexibility index (Phi) is 3.50. The van der Waals surface area contributed by atoms with Crippen molar-refractivity contribution in [2.75, 3.05) is 13.2 Å². The molecule has 72 valence electrons. The molecule has 3 nitrogen and oxygen atoms in total. The van der Waals surface area contributed by atoms with Crippen molar-refractivity contribution in [3.63, 3.8) is 0 Å². The predicted molar refractivity (Wildman–Crippen MR) is 45.7 cm³/mol. The molecule has 0 amide bonds. The van der Waals surface area contributed by atoms with Crippen LogP contribution in [-0.2, 0) is 9.47 Å². The first-order chi connectivity index (χ1) is 5.65. The Bertz CT molecular complexity index is 134. The summed E-state index contributed by atoms with van der Waals surface area (Å²) in [7, 11) is 0. The number of hydrogen-bond donors (Lipinski definition) is 1. The standard InChI is InChI=1S/C9H18O3/c1-6(4-10)9-7(2)5-11-8(3)12-9/h6-10H,4-5H2,1-3H3/t6-,7-,8-,9+/m0/s1. The third kappa shape index (κ3) is 2.19. The van der Waals surface area contributed by atoms with Gasteiger partial charge in [0.15, 0.2) is 6.29 Å². The van der Waals surface area contributed by atoms with Crippen molar-refractivity contribution in [2.24, 2.45) is 11.8 Å². The van der Waals surface area contributed by atoms with Crippen molar-refractivity contribution in [1.82, 2.24) is 0 Å². The number of aliphatic hydroxyl groups excluding tert-OH is 1. The lowest BCUT2D eigenvalue weighted by atomic mass is 9.94. The molecular weight excluding hydrogens is 156 g/mol. The average Bonchev–Trinajstić information content (AvgIpc) is 2.08. The molecule has 0 spiro atoms. The monoisotopic (exact) mass is 174 g/mol. The van der Waals surface area contributed by atoms with Crippen LogP contribution < -0.4 is 0 Å². The molecule has 0 aromatic heterocycles. The van der Waals surface area contributed by atoms with E-state index in [4.69, 9.17) is 14.6 Å². The highest BCUT2D eigenvalue weighted by atomic mass is 16.7. The van der Waals surface area contributed by atoms with Gasteiger partial charge in [-0.2, -0.15) is 0 Å². The number of hydrogen-bond acceptors (Lipinski definition) is 3. The van der Waals surface area contributed by atoms with Gasteiger partial charge in [0.2, 0.25) is 0 Å². The van der Waals surface area contributed by atoms with Gasteiger partial charge in [-0.05, 0) is 6.92 Å². The fraction of sp³-hybridized carbons (Fsp3) is 1.00. The largest absolute Gasteiger partial charge is 0.396 e. The summed E-state index contributed by atoms with van der Waals surface area (Å²) in [5, 5.41) is 8.97. The summed E-state index contributed by atoms with van der Waals surface area (Å²) >= 11 is 0. The van der Waals surface area contributed by atoms with Crippen molar-refractivity contribution in [2.45, 2.75) is 33.2 Å². The minimum atomic E-state index is -0.125. The van der Waals surface area contributed by atoms with E-state index in [1.807, 2.05) is 13.8 Å². The molecule has 0 saturated carbocycles. The van der Waals surface area contributed by atoms with Gasteiger partial charge in [-0.3, -0.25) is 0 Å². The maximum atomic E-state index is 8.97. The Labute approximate surface area is 73.7 Å². The number of ether oxygens (including phenoxy) is 2. The van der Waals surface area contributed by atoms with Crippen LogP contribution >= 0.6 is 0 Å². The summed E-state index contributed by atoms with van der Waals surface area (Å²) in [6, 6.07) is 0. The number of rotatable bonds is 2. The lowest BCUT2D eigenvalue weighted by molar-refractivity contribution is -0.238. The van der Waals surface area contributed by atoms with Crippen molar-refractivity contribution in [3.8, 4) is 0 Å². The van der Waals surface area contributed by atoms with Crippen molar-refractivity contribution in [3.05, 3.63) is 0 Å². The van der Waals surface area contributed by atoms with E-state index >= 15 is 0 Å². The molecule has 1 aliphatic rings. The third-order valence-corrected chi connectivity index (χ3v) is 2.35. The van der Waals surface area contributed by atoms with Crippen LogP contribution in [0.25, 0.3) is 0 Å². The molecule has 0 bridgehead atoms. The van der Waals surface area contributed by atoms with Crippen molar-refractivity contribution >= 4 is 0 Å². The highest BCUT2D eigenvalue weighted by Gasteiger charge is 2.30. The van der Waals surface area contributed by atoms with Gasteiger partial charge in [0.05, 0.1) is 12.7 Å². The molecule has 4 atom stereocenters. The van der Waals surface area contributed by atoms with Crippen molar-refractivity contribution < 1.29 is 14.6 Å². The maximum Gasteiger partial charge on any atom is 0.155 e. The second kappa shape index (κ2) is 4.21. The normalized spacial score (nSPS) is 39.5. The summed E-state index contributed by atoms with van der Waals surface area (Å²) in [5.41, 5.74) is 0. The lowest BCUT2D eigenvalue weighted by Crippen LogP contribution is -2.42. The van der Waals surface area contributed by atoms with Crippen LogP contribution in [0.15, 0.2) is 0 Å². The van der Waals surface area contributed by atoms with E-state index in [2.05, 4.69) is 6.92 Å². The fourth-order valence-electron chi connectivity index (χ4n) is 1.58. The van der Waals surface area contributed by atoms with Crippen LogP contribution in [0.2, 0.25) is 0 Å². The fourth-order valence-corrected chi connectivity index (χ4v) is 1.58. The van der Waals surface area contributed by atoms with E-state index in [0.717, 1.165) is 6.61 Å². The number of aliphatic hydroxyl groups is 1. The Morgan fingerprint density at radius 2 is 2.17 bits per heavy atom. The highest BCUT2D eigenvalue weighted by Crippen LogP contribution is 2.23. The van der Waals surface area contributed by atoms with Gasteiger partial charge in [-0.1, -0.05) is 13.8 Å². The molecule has 1 aliphatic heterocycles. The van der Waals surface area contributed by atoms with E-state index in [-0.39, 0.29) is 24.9 Å². The molecule has 3 heteroatoms. The second-order valence-electron chi connectivity index (χ2n) is 3.64. The van der Waals surface area contributed by atoms with E-state index in [9.17, 15) is 0 Å². The van der Waals surface area contributed by atoms with Gasteiger partial charge in [-0.25, -0.2) is 0 Å². The van der Waals surface area contributed by atoms with Crippen LogP contribution in [0, 0.1) is 11.8 Å². The summed E-state index contributed by atoms with van der Waals surface area (Å²) < 4.78 is 10.9. The maximum absolute atomic E-state index is 8.97. The Hall–Kier alpha value is -0.120. The summed E-state index contributed by atoms with van der Waals surface area (Å²) in [6.07, 6.45) is 0.0129. The van der Waals surface area contributed by atoms with Crippen molar-refractivity contribution in [1.29, 1.82) is 0 Å². The predicted octanol–water partition coefficient (Wildman–Crippen LogP) is 1.01. The van der Waals surface area contributed by atoms with Crippen LogP contribution in [-0.4, -0.2) is 30.7 Å². The molecule has 0 aliphatic carbocycles. The summed E-state index contributed by atoms with van der Waals surface area (Å²) in [6.45, 7) is 6.89. The van der Waals surface area contributed by atoms with Gasteiger partial charge in [0.1, 0.15) is 0 Å². The first-order valence-electron chi connectivity index (χ1n) is 4.53. The third-order valence-electron chi connectivity index (χ3n) is 2.35. The molecule has 1 heterocycles. The summed E-state index contributed by atoms with van der Waals surface area (Å²) in [5.74, 6) is 0.578. The first-order valence-corrected chi connectivity index (χ1v) is 4.53. The average molecular weight is 174 g/mol. The van der Waals surface area contributed by atoms with E-state index in [1.165, 1.54) is 0 Å². The van der Waals surface area contributed by atoms with Crippen LogP contribution in [0.4, 0.5) is 0 Å². The second-order valence-corrected chi connectivity index (χ2v) is 3.64. The van der Waals surface area contributed by atoms with E-state index in [0.29, 0.717) is 5.92 Å². The Morgan fingerprint density at radius 3 is 2.75 bits per heavy atom. The van der Waals surface area contributed by atoms with Crippen LogP contribution in [0.1, 0.15) is 20.8 Å². The zero-order chi connectivity index (χ0) is 9.14. The molecule has 0 aromatic rings. The molecule has 12 heavy (non-hydrogen) atoms. The molecule has 1 saturated heterocycles. The minimum absolute atomic E-state index is 0.125. The lowest BCUT2D eigenvalue weighted by Gasteiger charge is -2.36.